The monoisotopic (exact) mass is 444 g/mol. The van der Waals surface area contributed by atoms with E-state index in [1.807, 2.05) is 10.6 Å². The van der Waals surface area contributed by atoms with E-state index < -0.39 is 52.9 Å². The Labute approximate surface area is 179 Å². The van der Waals surface area contributed by atoms with Crippen LogP contribution < -0.4 is 35.5 Å². The van der Waals surface area contributed by atoms with Crippen LogP contribution in [0.5, 0.6) is 17.2 Å². The van der Waals surface area contributed by atoms with Gasteiger partial charge in [0.2, 0.25) is 36.2 Å². The summed E-state index contributed by atoms with van der Waals surface area (Å²) in [4.78, 5) is 74.9. The molecule has 0 saturated carbocycles. The van der Waals surface area contributed by atoms with Crippen molar-refractivity contribution in [3.8, 4) is 17.2 Å². The molecule has 166 valence electrons. The highest BCUT2D eigenvalue weighted by atomic mass is 16.7. The third-order valence-corrected chi connectivity index (χ3v) is 6.25. The second-order valence-electron chi connectivity index (χ2n) is 7.76. The highest BCUT2D eigenvalue weighted by Crippen LogP contribution is 2.53. The number of barbiturate groups is 2. The molecule has 0 bridgehead atoms. The van der Waals surface area contributed by atoms with Crippen LogP contribution in [0.1, 0.15) is 11.1 Å². The maximum Gasteiger partial charge on any atom is 0.328 e. The summed E-state index contributed by atoms with van der Waals surface area (Å²) in [6.07, 6.45) is -0.389. The molecule has 5 rings (SSSR count). The van der Waals surface area contributed by atoms with Crippen LogP contribution in [0.2, 0.25) is 0 Å². The zero-order valence-electron chi connectivity index (χ0n) is 16.5. The van der Waals surface area contributed by atoms with Crippen molar-refractivity contribution in [3.05, 3.63) is 17.2 Å². The quantitative estimate of drug-likeness (QED) is 0.394. The molecule has 13 nitrogen and oxygen atoms in total. The van der Waals surface area contributed by atoms with Gasteiger partial charge in [-0.1, -0.05) is 0 Å². The summed E-state index contributed by atoms with van der Waals surface area (Å²) >= 11 is 0. The smallest absolute Gasteiger partial charge is 0.328 e. The first-order chi connectivity index (χ1) is 15.3. The summed E-state index contributed by atoms with van der Waals surface area (Å²) in [7, 11) is 1.38. The van der Waals surface area contributed by atoms with Crippen LogP contribution in [0.25, 0.3) is 0 Å². The molecule has 2 saturated heterocycles. The van der Waals surface area contributed by atoms with Gasteiger partial charge in [0.05, 0.1) is 7.11 Å². The number of hydrogen-bond donors (Lipinski definition) is 4. The molecule has 0 aromatic heterocycles. The minimum absolute atomic E-state index is 0.0613. The van der Waals surface area contributed by atoms with Crippen molar-refractivity contribution in [1.82, 2.24) is 21.3 Å². The molecule has 13 heteroatoms. The van der Waals surface area contributed by atoms with Crippen LogP contribution in [0.15, 0.2) is 6.07 Å². The van der Waals surface area contributed by atoms with Gasteiger partial charge in [-0.3, -0.25) is 40.4 Å². The second-order valence-corrected chi connectivity index (χ2v) is 7.76. The average molecular weight is 444 g/mol. The lowest BCUT2D eigenvalue weighted by atomic mass is 9.58. The number of benzene rings is 1. The largest absolute Gasteiger partial charge is 0.492 e. The SMILES string of the molecule is COc1c2c(cc3c1OCO3)CC(C1C(=O)NC(=O)NC1=O)C1(C2)C(=O)NC(=O)NC1=O. The average Bonchev–Trinajstić information content (AvgIpc) is 3.17. The number of fused-ring (bicyclic) bond motifs is 2. The van der Waals surface area contributed by atoms with Crippen molar-refractivity contribution < 1.29 is 43.0 Å². The van der Waals surface area contributed by atoms with E-state index in [1.165, 1.54) is 7.11 Å². The number of rotatable bonds is 2. The maximum absolute atomic E-state index is 13.1. The minimum Gasteiger partial charge on any atom is -0.492 e. The summed E-state index contributed by atoms with van der Waals surface area (Å²) in [6.45, 7) is -0.0613. The van der Waals surface area contributed by atoms with Crippen LogP contribution in [0, 0.1) is 17.3 Å². The summed E-state index contributed by atoms with van der Waals surface area (Å²) in [5.41, 5.74) is -1.00. The van der Waals surface area contributed by atoms with Gasteiger partial charge in [0.15, 0.2) is 11.5 Å². The number of urea groups is 2. The van der Waals surface area contributed by atoms with E-state index in [0.29, 0.717) is 22.6 Å². The van der Waals surface area contributed by atoms with Crippen LogP contribution in [0.3, 0.4) is 0 Å². The standard InChI is InChI=1S/C19H16N4O9/c1-30-11-7-4-19(15(26)22-18(29)23-16(19)27)8(10-13(24)20-17(28)21-14(10)25)2-6(7)3-9-12(11)32-5-31-9/h3,8,10H,2,4-5H2,1H3,(H2,20,21,24,25,28)(H2,22,23,26,27,29). The molecule has 4 N–H and O–H groups in total. The normalized spacial score (nSPS) is 23.8. The molecule has 2 fully saturated rings. The van der Waals surface area contributed by atoms with Crippen molar-refractivity contribution >= 4 is 35.7 Å². The third kappa shape index (κ3) is 2.57. The number of carbonyl (C=O) groups excluding carboxylic acids is 6. The van der Waals surface area contributed by atoms with E-state index in [2.05, 4.69) is 10.6 Å². The Morgan fingerprint density at radius 2 is 1.56 bits per heavy atom. The van der Waals surface area contributed by atoms with Gasteiger partial charge in [0.1, 0.15) is 11.3 Å². The molecule has 3 heterocycles. The van der Waals surface area contributed by atoms with Gasteiger partial charge in [-0.25, -0.2) is 9.59 Å². The molecule has 1 atom stereocenters. The number of methoxy groups -OCH3 is 1. The molecule has 1 aromatic rings. The van der Waals surface area contributed by atoms with Crippen LogP contribution in [-0.2, 0) is 32.0 Å². The summed E-state index contributed by atoms with van der Waals surface area (Å²) < 4.78 is 16.4. The summed E-state index contributed by atoms with van der Waals surface area (Å²) in [5.74, 6) is -5.67. The fourth-order valence-electron chi connectivity index (χ4n) is 4.87. The molecule has 3 aliphatic heterocycles. The Kier molecular flexibility index (Phi) is 4.12. The van der Waals surface area contributed by atoms with Gasteiger partial charge < -0.3 is 14.2 Å². The highest BCUT2D eigenvalue weighted by Gasteiger charge is 2.63. The van der Waals surface area contributed by atoms with Gasteiger partial charge in [0.25, 0.3) is 0 Å². The fraction of sp³-hybridized carbons (Fsp3) is 0.368. The molecule has 1 unspecified atom stereocenters. The first kappa shape index (κ1) is 19.8. The van der Waals surface area contributed by atoms with E-state index in [0.717, 1.165) is 0 Å². The molecule has 32 heavy (non-hydrogen) atoms. The van der Waals surface area contributed by atoms with E-state index in [4.69, 9.17) is 14.2 Å². The minimum atomic E-state index is -2.01. The van der Waals surface area contributed by atoms with E-state index >= 15 is 0 Å². The Morgan fingerprint density at radius 3 is 2.19 bits per heavy atom. The number of imide groups is 4. The lowest BCUT2D eigenvalue weighted by Crippen LogP contribution is -2.70. The molecule has 1 aromatic carbocycles. The topological polar surface area (TPSA) is 178 Å². The maximum atomic E-state index is 13.1. The molecule has 0 radical (unpaired) electrons. The number of carbonyl (C=O) groups is 6. The first-order valence-corrected chi connectivity index (χ1v) is 9.57. The molecule has 1 aliphatic carbocycles. The van der Waals surface area contributed by atoms with Gasteiger partial charge in [0, 0.05) is 17.9 Å². The van der Waals surface area contributed by atoms with E-state index in [1.54, 1.807) is 6.07 Å². The van der Waals surface area contributed by atoms with Crippen molar-refractivity contribution in [1.29, 1.82) is 0 Å². The molecular weight excluding hydrogens is 428 g/mol. The van der Waals surface area contributed by atoms with Crippen molar-refractivity contribution in [2.24, 2.45) is 17.3 Å². The predicted octanol–water partition coefficient (Wildman–Crippen LogP) is -1.53. The summed E-state index contributed by atoms with van der Waals surface area (Å²) in [5, 5.41) is 8.12. The zero-order valence-corrected chi connectivity index (χ0v) is 16.5. The van der Waals surface area contributed by atoms with Crippen molar-refractivity contribution in [3.63, 3.8) is 0 Å². The fourth-order valence-corrected chi connectivity index (χ4v) is 4.87. The number of ether oxygens (including phenoxy) is 3. The van der Waals surface area contributed by atoms with Crippen LogP contribution >= 0.6 is 0 Å². The van der Waals surface area contributed by atoms with Gasteiger partial charge in [-0.15, -0.1) is 0 Å². The Hall–Kier alpha value is -4.16. The Morgan fingerprint density at radius 1 is 0.938 bits per heavy atom. The lowest BCUT2D eigenvalue weighted by Gasteiger charge is -2.46. The number of amides is 8. The molecule has 1 spiro atoms. The Bertz CT molecular complexity index is 1100. The zero-order chi connectivity index (χ0) is 22.8. The number of hydrogen-bond acceptors (Lipinski definition) is 9. The third-order valence-electron chi connectivity index (χ3n) is 6.25. The van der Waals surface area contributed by atoms with Crippen LogP contribution in [-0.4, -0.2) is 49.6 Å². The molecule has 8 amide bonds. The first-order valence-electron chi connectivity index (χ1n) is 9.57. The summed E-state index contributed by atoms with van der Waals surface area (Å²) in [6, 6.07) is -0.381. The Balaban J connectivity index is 1.70. The molecule has 4 aliphatic rings. The highest BCUT2D eigenvalue weighted by molar-refractivity contribution is 6.22. The second kappa shape index (κ2) is 6.67. The van der Waals surface area contributed by atoms with Crippen molar-refractivity contribution in [2.75, 3.05) is 13.9 Å². The van der Waals surface area contributed by atoms with Gasteiger partial charge in [-0.05, 0) is 18.1 Å². The van der Waals surface area contributed by atoms with Crippen molar-refractivity contribution in [2.45, 2.75) is 12.8 Å². The van der Waals surface area contributed by atoms with Crippen LogP contribution in [0.4, 0.5) is 9.59 Å². The van der Waals surface area contributed by atoms with Gasteiger partial charge >= 0.3 is 12.1 Å². The van der Waals surface area contributed by atoms with E-state index in [-0.39, 0.29) is 25.4 Å². The lowest BCUT2D eigenvalue weighted by molar-refractivity contribution is -0.154. The predicted molar refractivity (Wildman–Crippen MR) is 99.3 cm³/mol. The molecular formula is C19H16N4O9. The van der Waals surface area contributed by atoms with Gasteiger partial charge in [-0.2, -0.15) is 0 Å². The number of nitrogens with one attached hydrogen (secondary N) is 4. The van der Waals surface area contributed by atoms with E-state index in [9.17, 15) is 28.8 Å².